The van der Waals surface area contributed by atoms with Crippen molar-refractivity contribution in [2.75, 3.05) is 0 Å². The molecule has 6 nitrogen and oxygen atoms in total. The van der Waals surface area contributed by atoms with Crippen molar-refractivity contribution in [3.05, 3.63) is 0 Å². The molecule has 0 bridgehead atoms. The lowest BCUT2D eigenvalue weighted by molar-refractivity contribution is -0.151. The van der Waals surface area contributed by atoms with Crippen molar-refractivity contribution in [1.82, 2.24) is 0 Å². The molecule has 0 rings (SSSR count). The minimum Gasteiger partial charge on any atom is -0.433 e. The van der Waals surface area contributed by atoms with Crippen LogP contribution < -0.4 is 0 Å². The normalized spacial score (nSPS) is 11.2. The number of aliphatic hydroxyl groups excluding tert-OH is 1. The zero-order chi connectivity index (χ0) is 10.3. The van der Waals surface area contributed by atoms with Crippen molar-refractivity contribution in [1.29, 1.82) is 0 Å². The maximum Gasteiger partial charge on any atom is 0.318 e. The smallest absolute Gasteiger partial charge is 0.318 e. The molecule has 0 aromatic carbocycles. The summed E-state index contributed by atoms with van der Waals surface area (Å²) in [6, 6.07) is 0. The fourth-order valence-corrected chi connectivity index (χ4v) is 0.627. The van der Waals surface area contributed by atoms with Gasteiger partial charge in [-0.1, -0.05) is 12.2 Å². The van der Waals surface area contributed by atoms with Crippen molar-refractivity contribution < 1.29 is 29.0 Å². The molecule has 0 fully saturated rings. The van der Waals surface area contributed by atoms with Crippen LogP contribution in [0.25, 0.3) is 0 Å². The largest absolute Gasteiger partial charge is 0.433 e. The van der Waals surface area contributed by atoms with Gasteiger partial charge in [0.2, 0.25) is 6.29 Å². The van der Waals surface area contributed by atoms with Gasteiger partial charge in [-0.2, -0.15) is 0 Å². The topological polar surface area (TPSA) is 89.9 Å². The van der Waals surface area contributed by atoms with E-state index in [0.29, 0.717) is 0 Å². The summed E-state index contributed by atoms with van der Waals surface area (Å²) in [5.74, 6) is -0.923. The number of rotatable bonds is 6. The summed E-state index contributed by atoms with van der Waals surface area (Å²) in [6.07, 6.45) is -2.10. The summed E-state index contributed by atoms with van der Waals surface area (Å²) in [4.78, 5) is 29.7. The third kappa shape index (κ3) is 4.99. The Morgan fingerprint density at radius 2 is 2.08 bits per heavy atom. The predicted molar refractivity (Wildman–Crippen MR) is 42.5 cm³/mol. The first-order valence-corrected chi connectivity index (χ1v) is 3.45. The molecule has 1 N–H and O–H groups in total. The van der Waals surface area contributed by atoms with Gasteiger partial charge in [0.25, 0.3) is 6.47 Å². The third-order valence-electron chi connectivity index (χ3n) is 0.958. The summed E-state index contributed by atoms with van der Waals surface area (Å²) in [5.41, 5.74) is 0. The highest BCUT2D eigenvalue weighted by Gasteiger charge is 2.15. The molecule has 0 heterocycles. The van der Waals surface area contributed by atoms with Gasteiger partial charge in [0.1, 0.15) is 0 Å². The van der Waals surface area contributed by atoms with Crippen LogP contribution in [0.2, 0.25) is 0 Å². The molecular weight excluding hydrogens is 200 g/mol. The van der Waals surface area contributed by atoms with Crippen molar-refractivity contribution in [3.63, 3.8) is 0 Å². The molecule has 0 aromatic heterocycles. The van der Waals surface area contributed by atoms with Crippen molar-refractivity contribution in [2.24, 2.45) is 0 Å². The maximum absolute atomic E-state index is 10.6. The van der Waals surface area contributed by atoms with Crippen LogP contribution in [0.1, 0.15) is 6.42 Å². The summed E-state index contributed by atoms with van der Waals surface area (Å²) < 4.78 is 7.90. The number of hydrogen-bond donors (Lipinski definition) is 1. The van der Waals surface area contributed by atoms with Gasteiger partial charge in [-0.25, -0.2) is 0 Å². The van der Waals surface area contributed by atoms with Gasteiger partial charge in [0.15, 0.2) is 0 Å². The molecule has 0 aliphatic heterocycles. The number of aliphatic hydroxyl groups is 1. The van der Waals surface area contributed by atoms with Crippen LogP contribution in [-0.2, 0) is 23.9 Å². The summed E-state index contributed by atoms with van der Waals surface area (Å²) in [6.45, 7) is -0.0695. The van der Waals surface area contributed by atoms with Gasteiger partial charge in [-0.15, -0.1) is 0 Å². The second-order valence-electron chi connectivity index (χ2n) is 1.81. The van der Waals surface area contributed by atoms with E-state index >= 15 is 0 Å². The Hall–Kier alpha value is -1.34. The first kappa shape index (κ1) is 11.7. The SMILES string of the molecule is O=COC(=O)CC(=S)C(O)OC=O. The Morgan fingerprint density at radius 3 is 2.54 bits per heavy atom. The molecule has 13 heavy (non-hydrogen) atoms. The van der Waals surface area contributed by atoms with Crippen molar-refractivity contribution >= 4 is 36.0 Å². The van der Waals surface area contributed by atoms with E-state index in [4.69, 9.17) is 5.11 Å². The molecule has 1 unspecified atom stereocenters. The number of carbonyl (C=O) groups excluding carboxylic acids is 3. The molecular formula is C6H6O6S. The van der Waals surface area contributed by atoms with Gasteiger partial charge in [-0.05, 0) is 0 Å². The van der Waals surface area contributed by atoms with Gasteiger partial charge in [-0.3, -0.25) is 14.4 Å². The lowest BCUT2D eigenvalue weighted by atomic mass is 10.3. The first-order chi connectivity index (χ1) is 6.11. The Labute approximate surface area is 78.4 Å². The molecule has 0 aliphatic carbocycles. The van der Waals surface area contributed by atoms with Crippen LogP contribution in [0.15, 0.2) is 0 Å². The van der Waals surface area contributed by atoms with Crippen molar-refractivity contribution in [2.45, 2.75) is 12.7 Å². The van der Waals surface area contributed by atoms with Crippen LogP contribution in [0.4, 0.5) is 0 Å². The van der Waals surface area contributed by atoms with E-state index in [9.17, 15) is 14.4 Å². The standard InChI is InChI=1S/C6H6O6S/c7-2-11-5(9)1-4(13)6(10)12-3-8/h2-3,6,10H,1H2. The van der Waals surface area contributed by atoms with E-state index in [1.165, 1.54) is 0 Å². The van der Waals surface area contributed by atoms with Crippen LogP contribution >= 0.6 is 12.2 Å². The molecule has 0 aliphatic rings. The molecule has 0 radical (unpaired) electrons. The molecule has 1 atom stereocenters. The fourth-order valence-electron chi connectivity index (χ4n) is 0.453. The molecule has 0 spiro atoms. The highest BCUT2D eigenvalue weighted by molar-refractivity contribution is 7.80. The molecule has 72 valence electrons. The van der Waals surface area contributed by atoms with E-state index in [1.807, 2.05) is 0 Å². The second kappa shape index (κ2) is 6.21. The first-order valence-electron chi connectivity index (χ1n) is 3.04. The third-order valence-corrected chi connectivity index (χ3v) is 1.30. The monoisotopic (exact) mass is 206 g/mol. The van der Waals surface area contributed by atoms with Crippen LogP contribution in [0.5, 0.6) is 0 Å². The Balaban J connectivity index is 3.91. The van der Waals surface area contributed by atoms with Crippen LogP contribution in [0, 0.1) is 0 Å². The minimum atomic E-state index is -1.63. The van der Waals surface area contributed by atoms with Gasteiger partial charge in [0, 0.05) is 0 Å². The minimum absolute atomic E-state index is 0.0119. The predicted octanol–water partition coefficient (Wildman–Crippen LogP) is -1.06. The Bertz CT molecular complexity index is 225. The van der Waals surface area contributed by atoms with Gasteiger partial charge >= 0.3 is 12.4 Å². The molecule has 0 saturated heterocycles. The summed E-state index contributed by atoms with van der Waals surface area (Å²) >= 11 is 4.48. The average Bonchev–Trinajstić information content (AvgIpc) is 2.05. The van der Waals surface area contributed by atoms with Crippen LogP contribution in [0.3, 0.4) is 0 Å². The highest BCUT2D eigenvalue weighted by Crippen LogP contribution is 1.97. The lowest BCUT2D eigenvalue weighted by Gasteiger charge is -2.07. The number of esters is 1. The molecule has 0 saturated carbocycles. The molecule has 7 heteroatoms. The Kier molecular flexibility index (Phi) is 5.57. The van der Waals surface area contributed by atoms with Gasteiger partial charge < -0.3 is 14.6 Å². The van der Waals surface area contributed by atoms with E-state index in [-0.39, 0.29) is 17.8 Å². The van der Waals surface area contributed by atoms with E-state index in [1.54, 1.807) is 0 Å². The number of ether oxygens (including phenoxy) is 2. The van der Waals surface area contributed by atoms with E-state index in [2.05, 4.69) is 21.7 Å². The van der Waals surface area contributed by atoms with Crippen LogP contribution in [-0.4, -0.2) is 35.2 Å². The second-order valence-corrected chi connectivity index (χ2v) is 2.34. The lowest BCUT2D eigenvalue weighted by Crippen LogP contribution is -2.24. The number of thiocarbonyl (C=S) groups is 1. The summed E-state index contributed by atoms with van der Waals surface area (Å²) in [7, 11) is 0. The van der Waals surface area contributed by atoms with E-state index in [0.717, 1.165) is 0 Å². The number of carbonyl (C=O) groups is 3. The fraction of sp³-hybridized carbons (Fsp3) is 0.333. The van der Waals surface area contributed by atoms with Gasteiger partial charge in [0.05, 0.1) is 11.3 Å². The zero-order valence-electron chi connectivity index (χ0n) is 6.34. The summed E-state index contributed by atoms with van der Waals surface area (Å²) in [5, 5.41) is 8.84. The quantitative estimate of drug-likeness (QED) is 0.195. The van der Waals surface area contributed by atoms with E-state index < -0.39 is 18.7 Å². The molecule has 0 aromatic rings. The maximum atomic E-state index is 10.6. The van der Waals surface area contributed by atoms with Crippen molar-refractivity contribution in [3.8, 4) is 0 Å². The average molecular weight is 206 g/mol. The Morgan fingerprint density at radius 1 is 1.46 bits per heavy atom. The zero-order valence-corrected chi connectivity index (χ0v) is 7.15. The number of hydrogen-bond acceptors (Lipinski definition) is 7. The molecule has 0 amide bonds. The highest BCUT2D eigenvalue weighted by atomic mass is 32.1.